The molecule has 0 radical (unpaired) electrons. The number of hydrogen-bond acceptors (Lipinski definition) is 3. The smallest absolute Gasteiger partial charge is 0.0947 e. The van der Waals surface area contributed by atoms with Crippen molar-refractivity contribution in [3.05, 3.63) is 24.2 Å². The molecule has 0 aliphatic carbocycles. The third-order valence-corrected chi connectivity index (χ3v) is 3.03. The van der Waals surface area contributed by atoms with Crippen LogP contribution in [0.5, 0.6) is 0 Å². The lowest BCUT2D eigenvalue weighted by Crippen LogP contribution is -2.48. The van der Waals surface area contributed by atoms with E-state index in [1.807, 2.05) is 6.07 Å². The van der Waals surface area contributed by atoms with Gasteiger partial charge in [-0.05, 0) is 26.0 Å². The van der Waals surface area contributed by atoms with Gasteiger partial charge in [-0.25, -0.2) is 0 Å². The zero-order chi connectivity index (χ0) is 11.3. The highest BCUT2D eigenvalue weighted by Gasteiger charge is 2.22. The maximum atomic E-state index is 6.26. The van der Waals surface area contributed by atoms with Crippen LogP contribution in [0.4, 0.5) is 0 Å². The van der Waals surface area contributed by atoms with Gasteiger partial charge in [-0.3, -0.25) is 0 Å². The Bertz CT molecular complexity index is 265. The second-order valence-corrected chi connectivity index (χ2v) is 4.37. The van der Waals surface area contributed by atoms with E-state index in [1.54, 1.807) is 12.5 Å². The first kappa shape index (κ1) is 12.3. The number of nitrogens with zero attached hydrogens (tertiary/aromatic N) is 1. The Morgan fingerprint density at radius 3 is 2.53 bits per heavy atom. The van der Waals surface area contributed by atoms with E-state index in [0.717, 1.165) is 25.9 Å². The number of nitrogens with two attached hydrogens (primary N) is 1. The predicted molar refractivity (Wildman–Crippen MR) is 62.5 cm³/mol. The summed E-state index contributed by atoms with van der Waals surface area (Å²) in [5, 5.41) is 0. The Morgan fingerprint density at radius 2 is 2.07 bits per heavy atom. The first-order chi connectivity index (χ1) is 7.09. The van der Waals surface area contributed by atoms with E-state index in [9.17, 15) is 0 Å². The number of rotatable bonds is 6. The molecule has 2 N–H and O–H groups in total. The third kappa shape index (κ3) is 3.68. The Kier molecular flexibility index (Phi) is 4.36. The van der Waals surface area contributed by atoms with Crippen LogP contribution in [0.1, 0.15) is 32.3 Å². The molecule has 15 heavy (non-hydrogen) atoms. The maximum absolute atomic E-state index is 6.26. The van der Waals surface area contributed by atoms with Crippen molar-refractivity contribution in [2.45, 2.75) is 38.8 Å². The summed E-state index contributed by atoms with van der Waals surface area (Å²) in [5.41, 5.74) is 7.41. The van der Waals surface area contributed by atoms with E-state index < -0.39 is 0 Å². The van der Waals surface area contributed by atoms with Crippen molar-refractivity contribution in [2.24, 2.45) is 5.73 Å². The van der Waals surface area contributed by atoms with E-state index in [1.165, 1.54) is 5.56 Å². The summed E-state index contributed by atoms with van der Waals surface area (Å²) in [7, 11) is 2.10. The molecule has 3 heteroatoms. The first-order valence-corrected chi connectivity index (χ1v) is 5.58. The van der Waals surface area contributed by atoms with Gasteiger partial charge in [0, 0.05) is 24.2 Å². The molecule has 1 aromatic heterocycles. The Balaban J connectivity index is 2.44. The van der Waals surface area contributed by atoms with Crippen molar-refractivity contribution < 1.29 is 4.42 Å². The standard InChI is InChI=1S/C12H22N2O/c1-4-12(13,5-2)10-14(3)8-11-6-7-15-9-11/h6-7,9H,4-5,8,10,13H2,1-3H3. The van der Waals surface area contributed by atoms with Crippen LogP contribution in [0, 0.1) is 0 Å². The van der Waals surface area contributed by atoms with Crippen molar-refractivity contribution >= 4 is 0 Å². The van der Waals surface area contributed by atoms with E-state index in [0.29, 0.717) is 0 Å². The predicted octanol–water partition coefficient (Wildman–Crippen LogP) is 2.23. The Hall–Kier alpha value is -0.800. The van der Waals surface area contributed by atoms with Gasteiger partial charge in [0.2, 0.25) is 0 Å². The van der Waals surface area contributed by atoms with Crippen LogP contribution < -0.4 is 5.73 Å². The van der Waals surface area contributed by atoms with Crippen molar-refractivity contribution in [2.75, 3.05) is 13.6 Å². The van der Waals surface area contributed by atoms with Crippen molar-refractivity contribution in [3.63, 3.8) is 0 Å². The van der Waals surface area contributed by atoms with Gasteiger partial charge in [-0.2, -0.15) is 0 Å². The van der Waals surface area contributed by atoms with E-state index in [2.05, 4.69) is 25.8 Å². The highest BCUT2D eigenvalue weighted by molar-refractivity contribution is 5.05. The van der Waals surface area contributed by atoms with Gasteiger partial charge < -0.3 is 15.1 Å². The lowest BCUT2D eigenvalue weighted by atomic mass is 9.93. The van der Waals surface area contributed by atoms with Gasteiger partial charge in [0.1, 0.15) is 0 Å². The van der Waals surface area contributed by atoms with Crippen LogP contribution in [0.3, 0.4) is 0 Å². The zero-order valence-electron chi connectivity index (χ0n) is 9.99. The zero-order valence-corrected chi connectivity index (χ0v) is 9.99. The summed E-state index contributed by atoms with van der Waals surface area (Å²) >= 11 is 0. The van der Waals surface area contributed by atoms with Gasteiger partial charge in [-0.1, -0.05) is 13.8 Å². The monoisotopic (exact) mass is 210 g/mol. The largest absolute Gasteiger partial charge is 0.472 e. The van der Waals surface area contributed by atoms with Gasteiger partial charge in [-0.15, -0.1) is 0 Å². The summed E-state index contributed by atoms with van der Waals surface area (Å²) in [5.74, 6) is 0. The molecule has 1 aromatic rings. The van der Waals surface area contributed by atoms with E-state index >= 15 is 0 Å². The molecule has 0 bridgehead atoms. The van der Waals surface area contributed by atoms with Crippen LogP contribution in [0.25, 0.3) is 0 Å². The van der Waals surface area contributed by atoms with Crippen molar-refractivity contribution in [3.8, 4) is 0 Å². The van der Waals surface area contributed by atoms with E-state index in [-0.39, 0.29) is 5.54 Å². The van der Waals surface area contributed by atoms with Crippen LogP contribution >= 0.6 is 0 Å². The topological polar surface area (TPSA) is 42.4 Å². The van der Waals surface area contributed by atoms with Crippen LogP contribution in [-0.4, -0.2) is 24.0 Å². The highest BCUT2D eigenvalue weighted by atomic mass is 16.3. The summed E-state index contributed by atoms with van der Waals surface area (Å²) < 4.78 is 5.04. The molecule has 0 atom stereocenters. The molecule has 86 valence electrons. The minimum atomic E-state index is -0.0571. The van der Waals surface area contributed by atoms with E-state index in [4.69, 9.17) is 10.2 Å². The van der Waals surface area contributed by atoms with Gasteiger partial charge in [0.05, 0.1) is 12.5 Å². The molecule has 0 spiro atoms. The number of hydrogen-bond donors (Lipinski definition) is 1. The van der Waals surface area contributed by atoms with Crippen molar-refractivity contribution in [1.82, 2.24) is 4.90 Å². The molecule has 0 aliphatic rings. The average molecular weight is 210 g/mol. The highest BCUT2D eigenvalue weighted by Crippen LogP contribution is 2.14. The first-order valence-electron chi connectivity index (χ1n) is 5.58. The molecular formula is C12H22N2O. The fraction of sp³-hybridized carbons (Fsp3) is 0.667. The molecule has 0 aromatic carbocycles. The summed E-state index contributed by atoms with van der Waals surface area (Å²) in [4.78, 5) is 2.25. The lowest BCUT2D eigenvalue weighted by Gasteiger charge is -2.31. The SMILES string of the molecule is CCC(N)(CC)CN(C)Cc1ccoc1. The van der Waals surface area contributed by atoms with Crippen molar-refractivity contribution in [1.29, 1.82) is 0 Å². The van der Waals surface area contributed by atoms with Gasteiger partial charge in [0.25, 0.3) is 0 Å². The molecule has 1 rings (SSSR count). The Morgan fingerprint density at radius 1 is 1.40 bits per heavy atom. The van der Waals surface area contributed by atoms with Gasteiger partial charge >= 0.3 is 0 Å². The fourth-order valence-corrected chi connectivity index (χ4v) is 1.76. The third-order valence-electron chi connectivity index (χ3n) is 3.03. The second-order valence-electron chi connectivity index (χ2n) is 4.37. The van der Waals surface area contributed by atoms with Gasteiger partial charge in [0.15, 0.2) is 0 Å². The molecule has 0 aliphatic heterocycles. The maximum Gasteiger partial charge on any atom is 0.0947 e. The average Bonchev–Trinajstić information content (AvgIpc) is 2.70. The molecule has 3 nitrogen and oxygen atoms in total. The minimum Gasteiger partial charge on any atom is -0.472 e. The molecule has 0 unspecified atom stereocenters. The normalized spacial score (nSPS) is 12.3. The molecule has 0 saturated heterocycles. The fourth-order valence-electron chi connectivity index (χ4n) is 1.76. The van der Waals surface area contributed by atoms with Crippen LogP contribution in [0.2, 0.25) is 0 Å². The molecule has 0 fully saturated rings. The summed E-state index contributed by atoms with van der Waals surface area (Å²) in [6, 6.07) is 1.99. The number of likely N-dealkylation sites (N-methyl/N-ethyl adjacent to an activating group) is 1. The quantitative estimate of drug-likeness (QED) is 0.783. The second kappa shape index (κ2) is 5.33. The number of furan rings is 1. The summed E-state index contributed by atoms with van der Waals surface area (Å²) in [6.45, 7) is 6.12. The van der Waals surface area contributed by atoms with Crippen LogP contribution in [0.15, 0.2) is 23.0 Å². The minimum absolute atomic E-state index is 0.0571. The molecule has 1 heterocycles. The molecule has 0 amide bonds. The lowest BCUT2D eigenvalue weighted by molar-refractivity contribution is 0.227. The Labute approximate surface area is 92.2 Å². The molecule has 0 saturated carbocycles. The molecular weight excluding hydrogens is 188 g/mol. The summed E-state index contributed by atoms with van der Waals surface area (Å²) in [6.07, 6.45) is 5.52. The van der Waals surface area contributed by atoms with Crippen LogP contribution in [-0.2, 0) is 6.54 Å².